The van der Waals surface area contributed by atoms with E-state index in [9.17, 15) is 4.79 Å². The summed E-state index contributed by atoms with van der Waals surface area (Å²) in [4.78, 5) is 15.9. The van der Waals surface area contributed by atoms with Gasteiger partial charge in [-0.15, -0.1) is 12.4 Å². The highest BCUT2D eigenvalue weighted by Crippen LogP contribution is 2.37. The van der Waals surface area contributed by atoms with Crippen LogP contribution in [0.25, 0.3) is 10.2 Å². The normalized spacial score (nSPS) is 14.5. The third-order valence-electron chi connectivity index (χ3n) is 2.70. The maximum atomic E-state index is 11.5. The predicted octanol–water partition coefficient (Wildman–Crippen LogP) is 1.77. The molecule has 6 nitrogen and oxygen atoms in total. The summed E-state index contributed by atoms with van der Waals surface area (Å²) in [6.45, 7) is 2.71. The van der Waals surface area contributed by atoms with Crippen LogP contribution in [-0.2, 0) is 4.79 Å². The summed E-state index contributed by atoms with van der Waals surface area (Å²) >= 11 is 1.38. The first kappa shape index (κ1) is 14.8. The Kier molecular flexibility index (Phi) is 4.32. The molecule has 108 valence electrons. The van der Waals surface area contributed by atoms with Crippen LogP contribution in [0.3, 0.4) is 0 Å². The van der Waals surface area contributed by atoms with Crippen LogP contribution in [0.4, 0.5) is 5.13 Å². The number of hydrogen-bond donors (Lipinski definition) is 2. The van der Waals surface area contributed by atoms with Crippen LogP contribution in [-0.4, -0.2) is 30.1 Å². The van der Waals surface area contributed by atoms with Gasteiger partial charge in [-0.3, -0.25) is 4.79 Å². The van der Waals surface area contributed by atoms with Gasteiger partial charge in [0.05, 0.1) is 16.3 Å². The third kappa shape index (κ3) is 2.79. The minimum atomic E-state index is -0.563. The van der Waals surface area contributed by atoms with E-state index >= 15 is 0 Å². The highest BCUT2D eigenvalue weighted by molar-refractivity contribution is 7.22. The number of fused-ring (bicyclic) bond motifs is 2. The molecule has 0 aliphatic carbocycles. The van der Waals surface area contributed by atoms with E-state index < -0.39 is 6.04 Å². The van der Waals surface area contributed by atoms with Crippen molar-refractivity contribution in [2.45, 2.75) is 13.0 Å². The molecule has 2 heterocycles. The maximum Gasteiger partial charge on any atom is 0.242 e. The topological polar surface area (TPSA) is 86.5 Å². The quantitative estimate of drug-likeness (QED) is 0.882. The van der Waals surface area contributed by atoms with Crippen LogP contribution in [0.2, 0.25) is 0 Å². The Morgan fingerprint density at radius 2 is 2.05 bits per heavy atom. The fraction of sp³-hybridized carbons (Fsp3) is 0.333. The number of amides is 1. The molecule has 1 aromatic heterocycles. The van der Waals surface area contributed by atoms with Crippen LogP contribution in [0.15, 0.2) is 12.1 Å². The lowest BCUT2D eigenvalue weighted by Gasteiger charge is -2.17. The van der Waals surface area contributed by atoms with Gasteiger partial charge in [0.15, 0.2) is 16.6 Å². The second-order valence-corrected chi connectivity index (χ2v) is 5.29. The van der Waals surface area contributed by atoms with E-state index in [1.54, 1.807) is 6.92 Å². The number of nitrogens with one attached hydrogen (secondary N) is 1. The second-order valence-electron chi connectivity index (χ2n) is 4.26. The zero-order valence-corrected chi connectivity index (χ0v) is 12.3. The van der Waals surface area contributed by atoms with Crippen molar-refractivity contribution < 1.29 is 14.3 Å². The summed E-state index contributed by atoms with van der Waals surface area (Å²) in [5, 5.41) is 3.21. The van der Waals surface area contributed by atoms with Crippen LogP contribution in [0.5, 0.6) is 11.5 Å². The number of halogens is 1. The molecule has 8 heteroatoms. The molecule has 3 N–H and O–H groups in total. The van der Waals surface area contributed by atoms with Crippen molar-refractivity contribution >= 4 is 45.0 Å². The van der Waals surface area contributed by atoms with Crippen molar-refractivity contribution in [3.05, 3.63) is 12.1 Å². The number of thiazole rings is 1. The van der Waals surface area contributed by atoms with Crippen molar-refractivity contribution in [3.63, 3.8) is 0 Å². The number of benzene rings is 1. The smallest absolute Gasteiger partial charge is 0.242 e. The average molecular weight is 316 g/mol. The van der Waals surface area contributed by atoms with E-state index in [-0.39, 0.29) is 18.3 Å². The summed E-state index contributed by atoms with van der Waals surface area (Å²) < 4.78 is 11.9. The van der Waals surface area contributed by atoms with Crippen molar-refractivity contribution in [1.82, 2.24) is 4.98 Å². The lowest BCUT2D eigenvalue weighted by Crippen LogP contribution is -2.32. The predicted molar refractivity (Wildman–Crippen MR) is 80.1 cm³/mol. The molecule has 1 unspecified atom stereocenters. The lowest BCUT2D eigenvalue weighted by molar-refractivity contribution is -0.117. The van der Waals surface area contributed by atoms with Crippen molar-refractivity contribution in [2.75, 3.05) is 18.5 Å². The van der Waals surface area contributed by atoms with E-state index in [0.29, 0.717) is 29.8 Å². The van der Waals surface area contributed by atoms with Crippen molar-refractivity contribution in [1.29, 1.82) is 0 Å². The maximum absolute atomic E-state index is 11.5. The van der Waals surface area contributed by atoms with Crippen molar-refractivity contribution in [2.24, 2.45) is 5.73 Å². The Balaban J connectivity index is 0.00000147. The van der Waals surface area contributed by atoms with Gasteiger partial charge in [0.2, 0.25) is 5.91 Å². The summed E-state index contributed by atoms with van der Waals surface area (Å²) in [7, 11) is 0. The zero-order chi connectivity index (χ0) is 13.4. The number of nitrogens with zero attached hydrogens (tertiary/aromatic N) is 1. The first-order valence-corrected chi connectivity index (χ1v) is 6.72. The Morgan fingerprint density at radius 3 is 2.70 bits per heavy atom. The number of hydrogen-bond acceptors (Lipinski definition) is 6. The Bertz CT molecular complexity index is 601. The summed E-state index contributed by atoms with van der Waals surface area (Å²) in [6, 6.07) is 3.14. The first-order chi connectivity index (χ1) is 9.13. The SMILES string of the molecule is CC(N)C(=O)Nc1nc2cc3c(cc2s1)OCCO3.Cl. The monoisotopic (exact) mass is 315 g/mol. The molecule has 0 saturated heterocycles. The van der Waals surface area contributed by atoms with E-state index in [0.717, 1.165) is 10.2 Å². The van der Waals surface area contributed by atoms with Crippen LogP contribution < -0.4 is 20.5 Å². The molecular formula is C12H14ClN3O3S. The molecule has 1 aliphatic heterocycles. The van der Waals surface area contributed by atoms with Gasteiger partial charge >= 0.3 is 0 Å². The van der Waals surface area contributed by atoms with Crippen LogP contribution in [0.1, 0.15) is 6.92 Å². The van der Waals surface area contributed by atoms with Gasteiger partial charge < -0.3 is 20.5 Å². The molecule has 0 radical (unpaired) electrons. The molecule has 0 bridgehead atoms. The largest absolute Gasteiger partial charge is 0.486 e. The van der Waals surface area contributed by atoms with E-state index in [4.69, 9.17) is 15.2 Å². The number of ether oxygens (including phenoxy) is 2. The highest BCUT2D eigenvalue weighted by atomic mass is 35.5. The Hall–Kier alpha value is -1.57. The number of carbonyl (C=O) groups is 1. The van der Waals surface area contributed by atoms with Gasteiger partial charge in [0, 0.05) is 12.1 Å². The molecule has 1 aromatic carbocycles. The fourth-order valence-electron chi connectivity index (χ4n) is 1.74. The number of rotatable bonds is 2. The Morgan fingerprint density at radius 1 is 1.40 bits per heavy atom. The molecule has 20 heavy (non-hydrogen) atoms. The molecule has 0 saturated carbocycles. The molecule has 1 aliphatic rings. The third-order valence-corrected chi connectivity index (χ3v) is 3.63. The minimum absolute atomic E-state index is 0. The molecule has 1 amide bonds. The van der Waals surface area contributed by atoms with Crippen molar-refractivity contribution in [3.8, 4) is 11.5 Å². The average Bonchev–Trinajstić information content (AvgIpc) is 2.76. The van der Waals surface area contributed by atoms with Crippen LogP contribution >= 0.6 is 23.7 Å². The van der Waals surface area contributed by atoms with Gasteiger partial charge in [-0.1, -0.05) is 11.3 Å². The van der Waals surface area contributed by atoms with Gasteiger partial charge in [-0.05, 0) is 6.92 Å². The number of anilines is 1. The van der Waals surface area contributed by atoms with E-state index in [1.807, 2.05) is 12.1 Å². The molecule has 1 atom stereocenters. The fourth-order valence-corrected chi connectivity index (χ4v) is 2.62. The molecule has 0 fully saturated rings. The first-order valence-electron chi connectivity index (χ1n) is 5.90. The summed E-state index contributed by atoms with van der Waals surface area (Å²) in [5.41, 5.74) is 6.27. The summed E-state index contributed by atoms with van der Waals surface area (Å²) in [5.74, 6) is 1.15. The zero-order valence-electron chi connectivity index (χ0n) is 10.7. The van der Waals surface area contributed by atoms with E-state index in [2.05, 4.69) is 10.3 Å². The molecular weight excluding hydrogens is 302 g/mol. The number of nitrogens with two attached hydrogens (primary N) is 1. The molecule has 0 spiro atoms. The van der Waals surface area contributed by atoms with Gasteiger partial charge in [0.25, 0.3) is 0 Å². The molecule has 3 rings (SSSR count). The number of aromatic nitrogens is 1. The lowest BCUT2D eigenvalue weighted by atomic mass is 10.3. The number of carbonyl (C=O) groups excluding carboxylic acids is 1. The minimum Gasteiger partial charge on any atom is -0.486 e. The Labute approximate surface area is 125 Å². The van der Waals surface area contributed by atoms with E-state index in [1.165, 1.54) is 11.3 Å². The standard InChI is InChI=1S/C12H13N3O3S.ClH/c1-6(13)11(16)15-12-14-7-4-8-9(5-10(7)19-12)18-3-2-17-8;/h4-6H,2-3,13H2,1H3,(H,14,15,16);1H. The second kappa shape index (κ2) is 5.82. The van der Waals surface area contributed by atoms with Crippen LogP contribution in [0, 0.1) is 0 Å². The summed E-state index contributed by atoms with van der Waals surface area (Å²) in [6.07, 6.45) is 0. The van der Waals surface area contributed by atoms with Gasteiger partial charge in [-0.2, -0.15) is 0 Å². The van der Waals surface area contributed by atoms with Gasteiger partial charge in [-0.25, -0.2) is 4.98 Å². The highest BCUT2D eigenvalue weighted by Gasteiger charge is 2.16. The van der Waals surface area contributed by atoms with Gasteiger partial charge in [0.1, 0.15) is 13.2 Å². The molecule has 2 aromatic rings.